The molecule has 1 N–H and O–H groups in total. The summed E-state index contributed by atoms with van der Waals surface area (Å²) in [6.45, 7) is 4.35. The molecule has 0 saturated carbocycles. The molecule has 0 spiro atoms. The summed E-state index contributed by atoms with van der Waals surface area (Å²) in [4.78, 5) is 14.4. The van der Waals surface area contributed by atoms with E-state index in [1.807, 2.05) is 0 Å². The number of benzene rings is 1. The van der Waals surface area contributed by atoms with Gasteiger partial charge in [-0.2, -0.15) is 0 Å². The van der Waals surface area contributed by atoms with Crippen molar-refractivity contribution in [1.82, 2.24) is 10.2 Å². The summed E-state index contributed by atoms with van der Waals surface area (Å²) in [5.74, 6) is -0.887. The van der Waals surface area contributed by atoms with Crippen LogP contribution in [0.4, 0.5) is 4.39 Å². The molecule has 1 heterocycles. The van der Waals surface area contributed by atoms with E-state index in [4.69, 9.17) is 11.6 Å². The first-order chi connectivity index (χ1) is 10.1. The molecule has 116 valence electrons. The summed E-state index contributed by atoms with van der Waals surface area (Å²) in [7, 11) is 0. The topological polar surface area (TPSA) is 32.3 Å². The van der Waals surface area contributed by atoms with E-state index >= 15 is 0 Å². The normalized spacial score (nSPS) is 18.0. The number of nitrogens with one attached hydrogen (secondary N) is 1. The first-order valence-electron chi connectivity index (χ1n) is 7.60. The minimum Gasteiger partial charge on any atom is -0.337 e. The highest BCUT2D eigenvalue weighted by Gasteiger charge is 2.24. The van der Waals surface area contributed by atoms with Gasteiger partial charge in [0.2, 0.25) is 0 Å². The van der Waals surface area contributed by atoms with E-state index in [0.717, 1.165) is 32.2 Å². The number of amides is 1. The molecule has 1 aliphatic heterocycles. The van der Waals surface area contributed by atoms with Gasteiger partial charge in [-0.05, 0) is 37.9 Å². The lowest BCUT2D eigenvalue weighted by molar-refractivity contribution is 0.0735. The third-order valence-corrected chi connectivity index (χ3v) is 4.15. The van der Waals surface area contributed by atoms with Crippen molar-refractivity contribution in [3.05, 3.63) is 34.6 Å². The van der Waals surface area contributed by atoms with Crippen molar-refractivity contribution in [3.8, 4) is 0 Å². The summed E-state index contributed by atoms with van der Waals surface area (Å²) in [6.07, 6.45) is 4.11. The predicted octanol–water partition coefficient (Wildman–Crippen LogP) is 3.47. The van der Waals surface area contributed by atoms with Crippen molar-refractivity contribution < 1.29 is 9.18 Å². The maximum absolute atomic E-state index is 14.1. The number of unbranched alkanes of at least 4 members (excludes halogenated alkanes) is 1. The Morgan fingerprint density at radius 1 is 1.52 bits per heavy atom. The smallest absolute Gasteiger partial charge is 0.256 e. The molecule has 21 heavy (non-hydrogen) atoms. The van der Waals surface area contributed by atoms with Crippen molar-refractivity contribution in [2.45, 2.75) is 38.6 Å². The first-order valence-corrected chi connectivity index (χ1v) is 7.98. The summed E-state index contributed by atoms with van der Waals surface area (Å²) >= 11 is 5.78. The molecule has 0 aromatic heterocycles. The van der Waals surface area contributed by atoms with Gasteiger partial charge in [0.25, 0.3) is 5.91 Å². The molecule has 0 radical (unpaired) electrons. The number of hydrogen-bond donors (Lipinski definition) is 1. The van der Waals surface area contributed by atoms with Gasteiger partial charge in [0.1, 0.15) is 0 Å². The molecule has 2 rings (SSSR count). The monoisotopic (exact) mass is 312 g/mol. The van der Waals surface area contributed by atoms with Gasteiger partial charge in [0, 0.05) is 19.1 Å². The Morgan fingerprint density at radius 2 is 2.33 bits per heavy atom. The average Bonchev–Trinajstić information content (AvgIpc) is 2.98. The predicted molar refractivity (Wildman–Crippen MR) is 83.2 cm³/mol. The standard InChI is InChI=1S/C16H22ClFN2O/c1-2-3-10-20(11-12-6-5-9-19-12)16(21)13-7-4-8-14(17)15(13)18/h4,7-8,12,19H,2-3,5-6,9-11H2,1H3. The zero-order chi connectivity index (χ0) is 15.2. The fourth-order valence-corrected chi connectivity index (χ4v) is 2.82. The maximum Gasteiger partial charge on any atom is 0.256 e. The molecule has 0 bridgehead atoms. The highest BCUT2D eigenvalue weighted by Crippen LogP contribution is 2.20. The SMILES string of the molecule is CCCCN(CC1CCCN1)C(=O)c1cccc(Cl)c1F. The minimum atomic E-state index is -0.620. The fourth-order valence-electron chi connectivity index (χ4n) is 2.64. The van der Waals surface area contributed by atoms with Gasteiger partial charge in [0.05, 0.1) is 10.6 Å². The van der Waals surface area contributed by atoms with Gasteiger partial charge >= 0.3 is 0 Å². The highest BCUT2D eigenvalue weighted by molar-refractivity contribution is 6.31. The maximum atomic E-state index is 14.1. The molecule has 1 saturated heterocycles. The lowest BCUT2D eigenvalue weighted by Crippen LogP contribution is -2.42. The van der Waals surface area contributed by atoms with Crippen molar-refractivity contribution in [2.24, 2.45) is 0 Å². The van der Waals surface area contributed by atoms with Crippen molar-refractivity contribution in [2.75, 3.05) is 19.6 Å². The van der Waals surface area contributed by atoms with Crippen LogP contribution in [0.5, 0.6) is 0 Å². The Labute approximate surface area is 130 Å². The molecular weight excluding hydrogens is 291 g/mol. The molecule has 1 aromatic rings. The number of rotatable bonds is 6. The molecule has 1 aliphatic rings. The van der Waals surface area contributed by atoms with Crippen LogP contribution in [0.3, 0.4) is 0 Å². The molecule has 1 unspecified atom stereocenters. The summed E-state index contributed by atoms with van der Waals surface area (Å²) in [5.41, 5.74) is 0.0663. The Kier molecular flexibility index (Phi) is 6.00. The van der Waals surface area contributed by atoms with E-state index in [1.165, 1.54) is 12.1 Å². The first kappa shape index (κ1) is 16.2. The van der Waals surface area contributed by atoms with E-state index in [1.54, 1.807) is 11.0 Å². The molecule has 1 amide bonds. The third kappa shape index (κ3) is 4.17. The summed E-state index contributed by atoms with van der Waals surface area (Å²) in [5, 5.41) is 3.38. The van der Waals surface area contributed by atoms with Crippen molar-refractivity contribution in [3.63, 3.8) is 0 Å². The van der Waals surface area contributed by atoms with Crippen LogP contribution in [-0.4, -0.2) is 36.5 Å². The van der Waals surface area contributed by atoms with Crippen molar-refractivity contribution >= 4 is 17.5 Å². The number of carbonyl (C=O) groups excluding carboxylic acids is 1. The minimum absolute atomic E-state index is 0.00437. The van der Waals surface area contributed by atoms with E-state index < -0.39 is 5.82 Å². The van der Waals surface area contributed by atoms with E-state index in [9.17, 15) is 9.18 Å². The van der Waals surface area contributed by atoms with Crippen LogP contribution >= 0.6 is 11.6 Å². The zero-order valence-corrected chi connectivity index (χ0v) is 13.1. The average molecular weight is 313 g/mol. The molecule has 1 fully saturated rings. The number of hydrogen-bond acceptors (Lipinski definition) is 2. The van der Waals surface area contributed by atoms with E-state index in [2.05, 4.69) is 12.2 Å². The molecule has 1 aromatic carbocycles. The number of carbonyl (C=O) groups is 1. The highest BCUT2D eigenvalue weighted by atomic mass is 35.5. The largest absolute Gasteiger partial charge is 0.337 e. The summed E-state index contributed by atoms with van der Waals surface area (Å²) in [6, 6.07) is 4.89. The second-order valence-electron chi connectivity index (χ2n) is 5.50. The van der Waals surface area contributed by atoms with Gasteiger partial charge < -0.3 is 10.2 Å². The molecule has 3 nitrogen and oxygen atoms in total. The van der Waals surface area contributed by atoms with Crippen LogP contribution in [0.1, 0.15) is 43.0 Å². The summed E-state index contributed by atoms with van der Waals surface area (Å²) < 4.78 is 14.1. The Morgan fingerprint density at radius 3 is 3.00 bits per heavy atom. The molecule has 1 atom stereocenters. The lowest BCUT2D eigenvalue weighted by atomic mass is 10.1. The van der Waals surface area contributed by atoms with Crippen LogP contribution in [-0.2, 0) is 0 Å². The van der Waals surface area contributed by atoms with Crippen molar-refractivity contribution in [1.29, 1.82) is 0 Å². The second-order valence-corrected chi connectivity index (χ2v) is 5.91. The molecular formula is C16H22ClFN2O. The molecule has 0 aliphatic carbocycles. The zero-order valence-electron chi connectivity index (χ0n) is 12.4. The van der Waals surface area contributed by atoms with Gasteiger partial charge in [-0.3, -0.25) is 4.79 Å². The lowest BCUT2D eigenvalue weighted by Gasteiger charge is -2.26. The number of halogens is 2. The fraction of sp³-hybridized carbons (Fsp3) is 0.562. The Hall–Kier alpha value is -1.13. The van der Waals surface area contributed by atoms with E-state index in [0.29, 0.717) is 19.1 Å². The van der Waals surface area contributed by atoms with Crippen LogP contribution in [0.2, 0.25) is 5.02 Å². The van der Waals surface area contributed by atoms with Crippen LogP contribution in [0.25, 0.3) is 0 Å². The number of nitrogens with zero attached hydrogens (tertiary/aromatic N) is 1. The molecule has 5 heteroatoms. The Bertz CT molecular complexity index is 489. The Balaban J connectivity index is 2.13. The van der Waals surface area contributed by atoms with Gasteiger partial charge in [-0.25, -0.2) is 4.39 Å². The second kappa shape index (κ2) is 7.76. The van der Waals surface area contributed by atoms with Gasteiger partial charge in [-0.1, -0.05) is 31.0 Å². The van der Waals surface area contributed by atoms with Gasteiger partial charge in [0.15, 0.2) is 5.82 Å². The quantitative estimate of drug-likeness (QED) is 0.872. The third-order valence-electron chi connectivity index (χ3n) is 3.85. The van der Waals surface area contributed by atoms with Crippen LogP contribution in [0, 0.1) is 5.82 Å². The van der Waals surface area contributed by atoms with E-state index in [-0.39, 0.29) is 16.5 Å². The van der Waals surface area contributed by atoms with Gasteiger partial charge in [-0.15, -0.1) is 0 Å². The van der Waals surface area contributed by atoms with Crippen LogP contribution in [0.15, 0.2) is 18.2 Å². The van der Waals surface area contributed by atoms with Crippen LogP contribution < -0.4 is 5.32 Å².